The van der Waals surface area contributed by atoms with Gasteiger partial charge in [0.05, 0.1) is 6.07 Å². The fraction of sp³-hybridized carbons (Fsp3) is 0.333. The van der Waals surface area contributed by atoms with Crippen molar-refractivity contribution in [3.8, 4) is 11.8 Å². The molecular weight excluding hydrogens is 274 g/mol. The van der Waals surface area contributed by atoms with Gasteiger partial charge in [-0.1, -0.05) is 32.5 Å². The number of rotatable bonds is 5. The zero-order valence-electron chi connectivity index (χ0n) is 11.7. The van der Waals surface area contributed by atoms with E-state index in [1.807, 2.05) is 39.0 Å². The van der Waals surface area contributed by atoms with Gasteiger partial charge in [0.1, 0.15) is 5.75 Å². The monoisotopic (exact) mass is 291 g/mol. The molecule has 0 aliphatic carbocycles. The van der Waals surface area contributed by atoms with E-state index in [0.29, 0.717) is 5.75 Å². The van der Waals surface area contributed by atoms with E-state index in [-0.39, 0.29) is 12.0 Å². The molecule has 20 heavy (non-hydrogen) atoms. The van der Waals surface area contributed by atoms with E-state index in [2.05, 4.69) is 0 Å². The number of hydrogen-bond acceptors (Lipinski definition) is 4. The Morgan fingerprint density at radius 2 is 2.20 bits per heavy atom. The quantitative estimate of drug-likeness (QED) is 0.663. The van der Waals surface area contributed by atoms with Crippen molar-refractivity contribution in [3.05, 3.63) is 35.2 Å². The zero-order valence-corrected chi connectivity index (χ0v) is 12.5. The van der Waals surface area contributed by atoms with Gasteiger partial charge in [-0.15, -0.1) is 0 Å². The number of benzene rings is 1. The van der Waals surface area contributed by atoms with Crippen molar-refractivity contribution in [2.24, 2.45) is 0 Å². The van der Waals surface area contributed by atoms with Crippen LogP contribution < -0.4 is 4.74 Å². The molecule has 5 heteroatoms. The van der Waals surface area contributed by atoms with Gasteiger partial charge < -0.3 is 9.84 Å². The minimum absolute atomic E-state index is 0.163. The number of nitriles is 1. The number of ether oxygens (including phenoxy) is 1. The van der Waals surface area contributed by atoms with Crippen LogP contribution in [-0.2, 0) is 10.2 Å². The van der Waals surface area contributed by atoms with Crippen LogP contribution in [0.1, 0.15) is 26.3 Å². The van der Waals surface area contributed by atoms with E-state index in [1.165, 1.54) is 17.8 Å². The Labute approximate surface area is 123 Å². The molecule has 0 heterocycles. The minimum Gasteiger partial charge on any atom is -0.482 e. The van der Waals surface area contributed by atoms with Crippen LogP contribution in [-0.4, -0.2) is 17.7 Å². The molecule has 0 saturated heterocycles. The van der Waals surface area contributed by atoms with E-state index >= 15 is 0 Å². The van der Waals surface area contributed by atoms with E-state index in [9.17, 15) is 4.79 Å². The molecule has 0 aliphatic heterocycles. The van der Waals surface area contributed by atoms with Crippen LogP contribution in [0.3, 0.4) is 0 Å². The maximum absolute atomic E-state index is 10.6. The molecule has 0 radical (unpaired) electrons. The highest BCUT2D eigenvalue weighted by molar-refractivity contribution is 8.02. The summed E-state index contributed by atoms with van der Waals surface area (Å²) in [6.07, 6.45) is 1.41. The van der Waals surface area contributed by atoms with Crippen LogP contribution in [0.4, 0.5) is 0 Å². The summed E-state index contributed by atoms with van der Waals surface area (Å²) in [4.78, 5) is 11.6. The standard InChI is InChI=1S/C15H17NO3S/c1-15(2,3)12-9-11(20-8-4-7-16)5-6-13(12)19-10-14(17)18/h4-6,8-9H,10H2,1-3H3,(H,17,18). The van der Waals surface area contributed by atoms with E-state index < -0.39 is 5.97 Å². The number of carboxylic acid groups (broad SMARTS) is 1. The summed E-state index contributed by atoms with van der Waals surface area (Å²) in [6.45, 7) is 5.75. The van der Waals surface area contributed by atoms with Crippen LogP contribution in [0.2, 0.25) is 0 Å². The SMILES string of the molecule is CC(C)(C)c1cc(SC=CC#N)ccc1OCC(=O)O. The summed E-state index contributed by atoms with van der Waals surface area (Å²) in [5, 5.41) is 18.9. The van der Waals surface area contributed by atoms with Crippen molar-refractivity contribution < 1.29 is 14.6 Å². The molecule has 0 fully saturated rings. The Morgan fingerprint density at radius 3 is 2.75 bits per heavy atom. The number of carboxylic acids is 1. The highest BCUT2D eigenvalue weighted by Crippen LogP contribution is 2.35. The third kappa shape index (κ3) is 4.98. The number of carbonyl (C=O) groups is 1. The van der Waals surface area contributed by atoms with Crippen molar-refractivity contribution >= 4 is 17.7 Å². The van der Waals surface area contributed by atoms with Crippen molar-refractivity contribution in [2.45, 2.75) is 31.1 Å². The normalized spacial score (nSPS) is 11.3. The van der Waals surface area contributed by atoms with Crippen LogP contribution in [0.25, 0.3) is 0 Å². The molecule has 0 spiro atoms. The summed E-state index contributed by atoms with van der Waals surface area (Å²) in [6, 6.07) is 7.51. The number of thioether (sulfide) groups is 1. The highest BCUT2D eigenvalue weighted by Gasteiger charge is 2.20. The van der Waals surface area contributed by atoms with Gasteiger partial charge in [-0.3, -0.25) is 0 Å². The predicted octanol–water partition coefficient (Wildman–Crippen LogP) is 3.58. The largest absolute Gasteiger partial charge is 0.482 e. The number of hydrogen-bond donors (Lipinski definition) is 1. The number of aliphatic carboxylic acids is 1. The van der Waals surface area contributed by atoms with Gasteiger partial charge in [-0.05, 0) is 29.0 Å². The first-order valence-electron chi connectivity index (χ1n) is 6.05. The fourth-order valence-corrected chi connectivity index (χ4v) is 2.20. The Balaban J connectivity index is 3.04. The second kappa shape index (κ2) is 7.01. The topological polar surface area (TPSA) is 70.3 Å². The molecule has 0 aromatic heterocycles. The second-order valence-corrected chi connectivity index (χ2v) is 6.12. The molecule has 0 saturated carbocycles. The lowest BCUT2D eigenvalue weighted by Crippen LogP contribution is -2.16. The number of nitrogens with zero attached hydrogens (tertiary/aromatic N) is 1. The molecule has 0 unspecified atom stereocenters. The molecule has 4 nitrogen and oxygen atoms in total. The lowest BCUT2D eigenvalue weighted by molar-refractivity contribution is -0.139. The Bertz CT molecular complexity index is 553. The summed E-state index contributed by atoms with van der Waals surface area (Å²) >= 11 is 1.43. The third-order valence-electron chi connectivity index (χ3n) is 2.46. The fourth-order valence-electron chi connectivity index (χ4n) is 1.58. The summed E-state index contributed by atoms with van der Waals surface area (Å²) in [5.41, 5.74) is 0.776. The summed E-state index contributed by atoms with van der Waals surface area (Å²) < 4.78 is 5.33. The van der Waals surface area contributed by atoms with Gasteiger partial charge in [-0.2, -0.15) is 5.26 Å². The Kier molecular flexibility index (Phi) is 5.66. The van der Waals surface area contributed by atoms with Gasteiger partial charge in [0.25, 0.3) is 0 Å². The first-order valence-corrected chi connectivity index (χ1v) is 6.93. The lowest BCUT2D eigenvalue weighted by Gasteiger charge is -2.23. The average molecular weight is 291 g/mol. The van der Waals surface area contributed by atoms with E-state index in [4.69, 9.17) is 15.1 Å². The molecule has 1 aromatic carbocycles. The van der Waals surface area contributed by atoms with Gasteiger partial charge in [0.2, 0.25) is 0 Å². The maximum atomic E-state index is 10.6. The Hall–Kier alpha value is -1.93. The average Bonchev–Trinajstić information content (AvgIpc) is 2.36. The summed E-state index contributed by atoms with van der Waals surface area (Å²) in [7, 11) is 0. The van der Waals surface area contributed by atoms with E-state index in [0.717, 1.165) is 10.5 Å². The predicted molar refractivity (Wildman–Crippen MR) is 78.9 cm³/mol. The zero-order chi connectivity index (χ0) is 15.2. The summed E-state index contributed by atoms with van der Waals surface area (Å²) in [5.74, 6) is -0.422. The van der Waals surface area contributed by atoms with Crippen molar-refractivity contribution in [1.82, 2.24) is 0 Å². The van der Waals surface area contributed by atoms with Crippen molar-refractivity contribution in [3.63, 3.8) is 0 Å². The molecule has 0 amide bonds. The van der Waals surface area contributed by atoms with E-state index in [1.54, 1.807) is 11.5 Å². The van der Waals surface area contributed by atoms with Crippen molar-refractivity contribution in [2.75, 3.05) is 6.61 Å². The maximum Gasteiger partial charge on any atom is 0.341 e. The molecule has 0 atom stereocenters. The van der Waals surface area contributed by atoms with Crippen LogP contribution in [0.5, 0.6) is 5.75 Å². The molecular formula is C15H17NO3S. The first kappa shape index (κ1) is 16.1. The molecule has 0 bridgehead atoms. The number of allylic oxidation sites excluding steroid dienone is 1. The van der Waals surface area contributed by atoms with Crippen molar-refractivity contribution in [1.29, 1.82) is 5.26 Å². The van der Waals surface area contributed by atoms with Gasteiger partial charge in [-0.25, -0.2) is 4.79 Å². The van der Waals surface area contributed by atoms with Gasteiger partial charge >= 0.3 is 5.97 Å². The van der Waals surface area contributed by atoms with Crippen LogP contribution in [0, 0.1) is 11.3 Å². The van der Waals surface area contributed by atoms with Crippen LogP contribution >= 0.6 is 11.8 Å². The minimum atomic E-state index is -1.000. The molecule has 1 N–H and O–H groups in total. The van der Waals surface area contributed by atoms with Crippen LogP contribution in [0.15, 0.2) is 34.6 Å². The Morgan fingerprint density at radius 1 is 1.50 bits per heavy atom. The molecule has 1 rings (SSSR count). The van der Waals surface area contributed by atoms with Gasteiger partial charge in [0, 0.05) is 16.5 Å². The third-order valence-corrected chi connectivity index (χ3v) is 3.26. The lowest BCUT2D eigenvalue weighted by atomic mass is 9.86. The van der Waals surface area contributed by atoms with Gasteiger partial charge in [0.15, 0.2) is 6.61 Å². The molecule has 106 valence electrons. The smallest absolute Gasteiger partial charge is 0.341 e. The highest BCUT2D eigenvalue weighted by atomic mass is 32.2. The first-order chi connectivity index (χ1) is 9.34. The second-order valence-electron chi connectivity index (χ2n) is 5.14. The molecule has 0 aliphatic rings. The molecule has 1 aromatic rings.